The van der Waals surface area contributed by atoms with Crippen molar-refractivity contribution in [1.29, 1.82) is 0 Å². The van der Waals surface area contributed by atoms with Crippen molar-refractivity contribution in [1.82, 2.24) is 9.88 Å². The van der Waals surface area contributed by atoms with E-state index in [0.717, 1.165) is 31.3 Å². The molecule has 1 aromatic rings. The van der Waals surface area contributed by atoms with Gasteiger partial charge in [-0.15, -0.1) is 11.3 Å². The normalized spacial score (nSPS) is 21.2. The van der Waals surface area contributed by atoms with E-state index < -0.39 is 5.97 Å². The average Bonchev–Trinajstić information content (AvgIpc) is 2.76. The topological polar surface area (TPSA) is 56.7 Å². The van der Waals surface area contributed by atoms with Gasteiger partial charge in [0.25, 0.3) is 0 Å². The number of hydrogen-bond donors (Lipinski definition) is 1. The first-order valence-corrected chi connectivity index (χ1v) is 7.13. The number of rotatable bonds is 4. The number of carboxylic acids is 1. The minimum absolute atomic E-state index is 0.0149. The Bertz CT molecular complexity index is 421. The van der Waals surface area contributed by atoms with Crippen LogP contribution in [-0.4, -0.2) is 53.2 Å². The van der Waals surface area contributed by atoms with Crippen LogP contribution in [0.15, 0.2) is 5.38 Å². The van der Waals surface area contributed by atoms with Crippen LogP contribution in [0.1, 0.15) is 19.5 Å². The fourth-order valence-corrected chi connectivity index (χ4v) is 3.18. The van der Waals surface area contributed by atoms with Gasteiger partial charge in [-0.05, 0) is 13.5 Å². The molecule has 6 heteroatoms. The smallest absolute Gasteiger partial charge is 0.309 e. The molecule has 1 aromatic heterocycles. The predicted molar refractivity (Wildman–Crippen MR) is 72.4 cm³/mol. The fraction of sp³-hybridized carbons (Fsp3) is 0.667. The summed E-state index contributed by atoms with van der Waals surface area (Å²) in [6, 6.07) is 0.524. The molecular weight excluding hydrogens is 250 g/mol. The van der Waals surface area contributed by atoms with E-state index in [0.29, 0.717) is 11.7 Å². The van der Waals surface area contributed by atoms with E-state index in [1.165, 1.54) is 0 Å². The van der Waals surface area contributed by atoms with Gasteiger partial charge >= 0.3 is 5.97 Å². The van der Waals surface area contributed by atoms with Gasteiger partial charge in [0.1, 0.15) is 0 Å². The highest BCUT2D eigenvalue weighted by Crippen LogP contribution is 2.23. The lowest BCUT2D eigenvalue weighted by atomic mass is 10.2. The Hall–Kier alpha value is -1.14. The fourth-order valence-electron chi connectivity index (χ4n) is 2.32. The van der Waals surface area contributed by atoms with Gasteiger partial charge in [-0.1, -0.05) is 6.92 Å². The van der Waals surface area contributed by atoms with Gasteiger partial charge in [-0.25, -0.2) is 4.98 Å². The van der Waals surface area contributed by atoms with Crippen LogP contribution in [-0.2, 0) is 11.2 Å². The summed E-state index contributed by atoms with van der Waals surface area (Å²) >= 11 is 1.54. The Morgan fingerprint density at radius 1 is 1.61 bits per heavy atom. The number of piperazine rings is 1. The molecule has 0 aromatic carbocycles. The van der Waals surface area contributed by atoms with Gasteiger partial charge in [0, 0.05) is 31.1 Å². The molecule has 1 unspecified atom stereocenters. The minimum atomic E-state index is -0.823. The molecule has 1 saturated heterocycles. The highest BCUT2D eigenvalue weighted by atomic mass is 32.1. The second-order valence-corrected chi connectivity index (χ2v) is 5.45. The summed E-state index contributed by atoms with van der Waals surface area (Å²) in [6.07, 6.45) is 0.0149. The highest BCUT2D eigenvalue weighted by molar-refractivity contribution is 7.13. The number of carbonyl (C=O) groups is 1. The van der Waals surface area contributed by atoms with Crippen molar-refractivity contribution in [3.63, 3.8) is 0 Å². The van der Waals surface area contributed by atoms with E-state index in [1.807, 2.05) is 5.38 Å². The van der Waals surface area contributed by atoms with Crippen molar-refractivity contribution in [2.75, 3.05) is 31.1 Å². The number of hydrogen-bond acceptors (Lipinski definition) is 5. The first-order valence-electron chi connectivity index (χ1n) is 6.25. The van der Waals surface area contributed by atoms with Gasteiger partial charge in [0.2, 0.25) is 0 Å². The van der Waals surface area contributed by atoms with Crippen molar-refractivity contribution in [3.8, 4) is 0 Å². The quantitative estimate of drug-likeness (QED) is 0.893. The number of aromatic nitrogens is 1. The van der Waals surface area contributed by atoms with Crippen LogP contribution in [0.4, 0.5) is 5.13 Å². The molecule has 1 atom stereocenters. The minimum Gasteiger partial charge on any atom is -0.481 e. The molecule has 0 radical (unpaired) electrons. The van der Waals surface area contributed by atoms with Gasteiger partial charge < -0.3 is 10.0 Å². The lowest BCUT2D eigenvalue weighted by molar-refractivity contribution is -0.136. The Balaban J connectivity index is 2.00. The first-order chi connectivity index (χ1) is 8.60. The molecule has 1 aliphatic heterocycles. The molecule has 5 nitrogen and oxygen atoms in total. The van der Waals surface area contributed by atoms with Crippen LogP contribution < -0.4 is 4.90 Å². The molecule has 1 N–H and O–H groups in total. The van der Waals surface area contributed by atoms with Crippen LogP contribution in [0.3, 0.4) is 0 Å². The molecule has 0 saturated carbocycles. The van der Waals surface area contributed by atoms with Crippen molar-refractivity contribution in [3.05, 3.63) is 11.1 Å². The molecule has 0 bridgehead atoms. The zero-order valence-electron chi connectivity index (χ0n) is 10.8. The Morgan fingerprint density at radius 2 is 2.39 bits per heavy atom. The van der Waals surface area contributed by atoms with E-state index >= 15 is 0 Å². The monoisotopic (exact) mass is 269 g/mol. The maximum atomic E-state index is 10.6. The molecule has 1 fully saturated rings. The number of carboxylic acid groups (broad SMARTS) is 1. The third-order valence-corrected chi connectivity index (χ3v) is 4.26. The second-order valence-electron chi connectivity index (χ2n) is 4.62. The molecule has 2 heterocycles. The maximum absolute atomic E-state index is 10.6. The summed E-state index contributed by atoms with van der Waals surface area (Å²) < 4.78 is 0. The molecule has 18 heavy (non-hydrogen) atoms. The number of likely N-dealkylation sites (N-methyl/N-ethyl adjacent to an activating group) is 1. The number of aliphatic carboxylic acids is 1. The molecule has 0 amide bonds. The third-order valence-electron chi connectivity index (χ3n) is 3.31. The molecule has 0 spiro atoms. The summed E-state index contributed by atoms with van der Waals surface area (Å²) in [5.41, 5.74) is 0.660. The summed E-state index contributed by atoms with van der Waals surface area (Å²) in [7, 11) is 0. The van der Waals surface area contributed by atoms with E-state index in [-0.39, 0.29) is 6.42 Å². The van der Waals surface area contributed by atoms with E-state index in [2.05, 4.69) is 28.6 Å². The Kier molecular flexibility index (Phi) is 4.19. The van der Waals surface area contributed by atoms with Crippen molar-refractivity contribution in [2.45, 2.75) is 26.3 Å². The Morgan fingerprint density at radius 3 is 3.00 bits per heavy atom. The van der Waals surface area contributed by atoms with E-state index in [1.54, 1.807) is 11.3 Å². The average molecular weight is 269 g/mol. The standard InChI is InChI=1S/C12H19N3O2S/c1-3-14-4-5-15(7-9(14)2)12-13-10(8-18-12)6-11(16)17/h8-9H,3-7H2,1-2H3,(H,16,17). The van der Waals surface area contributed by atoms with Crippen LogP contribution in [0.5, 0.6) is 0 Å². The number of anilines is 1. The molecule has 100 valence electrons. The molecule has 1 aliphatic rings. The summed E-state index contributed by atoms with van der Waals surface area (Å²) in [5.74, 6) is -0.823. The van der Waals surface area contributed by atoms with Crippen LogP contribution in [0.25, 0.3) is 0 Å². The predicted octanol–water partition coefficient (Wildman–Crippen LogP) is 1.30. The van der Waals surface area contributed by atoms with E-state index in [9.17, 15) is 4.79 Å². The largest absolute Gasteiger partial charge is 0.481 e. The van der Waals surface area contributed by atoms with Gasteiger partial charge in [0.05, 0.1) is 12.1 Å². The Labute approximate surface area is 111 Å². The lowest BCUT2D eigenvalue weighted by Gasteiger charge is -2.39. The van der Waals surface area contributed by atoms with Crippen LogP contribution in [0.2, 0.25) is 0 Å². The summed E-state index contributed by atoms with van der Waals surface area (Å²) in [4.78, 5) is 19.7. The van der Waals surface area contributed by atoms with Crippen molar-refractivity contribution >= 4 is 22.4 Å². The highest BCUT2D eigenvalue weighted by Gasteiger charge is 2.24. The maximum Gasteiger partial charge on any atom is 0.309 e. The second kappa shape index (κ2) is 5.67. The summed E-state index contributed by atoms with van der Waals surface area (Å²) in [6.45, 7) is 8.47. The van der Waals surface area contributed by atoms with Crippen LogP contribution >= 0.6 is 11.3 Å². The van der Waals surface area contributed by atoms with E-state index in [4.69, 9.17) is 5.11 Å². The SMILES string of the molecule is CCN1CCN(c2nc(CC(=O)O)cs2)CC1C. The zero-order valence-corrected chi connectivity index (χ0v) is 11.6. The first kappa shape index (κ1) is 13.3. The molecular formula is C12H19N3O2S. The summed E-state index contributed by atoms with van der Waals surface area (Å²) in [5, 5.41) is 11.5. The number of nitrogens with zero attached hydrogens (tertiary/aromatic N) is 3. The third kappa shape index (κ3) is 3.00. The van der Waals surface area contributed by atoms with Crippen molar-refractivity contribution in [2.24, 2.45) is 0 Å². The molecule has 2 rings (SSSR count). The lowest BCUT2D eigenvalue weighted by Crippen LogP contribution is -2.51. The van der Waals surface area contributed by atoms with Gasteiger partial charge in [0.15, 0.2) is 5.13 Å². The molecule has 0 aliphatic carbocycles. The van der Waals surface area contributed by atoms with Crippen molar-refractivity contribution < 1.29 is 9.90 Å². The van der Waals surface area contributed by atoms with Crippen LogP contribution in [0, 0.1) is 0 Å². The van der Waals surface area contributed by atoms with Gasteiger partial charge in [-0.3, -0.25) is 9.69 Å². The number of thiazole rings is 1. The van der Waals surface area contributed by atoms with Gasteiger partial charge in [-0.2, -0.15) is 0 Å². The zero-order chi connectivity index (χ0) is 13.1.